The molecule has 1 amide bonds. The van der Waals surface area contributed by atoms with Crippen molar-refractivity contribution in [1.29, 1.82) is 0 Å². The zero-order chi connectivity index (χ0) is 18.6. The van der Waals surface area contributed by atoms with Gasteiger partial charge in [0, 0.05) is 16.1 Å². The third-order valence-electron chi connectivity index (χ3n) is 4.04. The second-order valence-electron chi connectivity index (χ2n) is 5.93. The van der Waals surface area contributed by atoms with E-state index in [1.807, 2.05) is 54.6 Å². The summed E-state index contributed by atoms with van der Waals surface area (Å²) in [4.78, 5) is 20.1. The Bertz CT molecular complexity index is 1120. The van der Waals surface area contributed by atoms with Crippen molar-refractivity contribution >= 4 is 34.8 Å². The fraction of sp³-hybridized carbons (Fsp3) is 0. The fourth-order valence-corrected chi connectivity index (χ4v) is 2.79. The SMILES string of the molecule is O=C(N/N=C\c1ccccc1)c1ccc2nc(-c3ccc(Cl)cc3)[nH]c2c1. The Labute approximate surface area is 160 Å². The lowest BCUT2D eigenvalue weighted by atomic mass is 10.2. The number of halogens is 1. The van der Waals surface area contributed by atoms with Crippen molar-refractivity contribution in [3.8, 4) is 11.4 Å². The van der Waals surface area contributed by atoms with Gasteiger partial charge in [0.05, 0.1) is 17.2 Å². The number of rotatable bonds is 4. The summed E-state index contributed by atoms with van der Waals surface area (Å²) in [6, 6.07) is 22.3. The van der Waals surface area contributed by atoms with E-state index in [9.17, 15) is 4.79 Å². The van der Waals surface area contributed by atoms with Crippen molar-refractivity contribution in [2.45, 2.75) is 0 Å². The van der Waals surface area contributed by atoms with Gasteiger partial charge in [0.15, 0.2) is 0 Å². The minimum atomic E-state index is -0.285. The molecule has 6 heteroatoms. The van der Waals surface area contributed by atoms with Crippen LogP contribution in [0.15, 0.2) is 77.9 Å². The summed E-state index contributed by atoms with van der Waals surface area (Å²) < 4.78 is 0. The van der Waals surface area contributed by atoms with E-state index in [0.29, 0.717) is 10.6 Å². The molecule has 2 N–H and O–H groups in total. The highest BCUT2D eigenvalue weighted by molar-refractivity contribution is 6.30. The Hall–Kier alpha value is -3.44. The van der Waals surface area contributed by atoms with Crippen molar-refractivity contribution in [2.24, 2.45) is 5.10 Å². The molecule has 0 aliphatic carbocycles. The molecule has 0 bridgehead atoms. The molecule has 0 spiro atoms. The van der Waals surface area contributed by atoms with Crippen LogP contribution >= 0.6 is 11.6 Å². The summed E-state index contributed by atoms with van der Waals surface area (Å²) in [5.41, 5.74) is 6.43. The number of hydrazone groups is 1. The van der Waals surface area contributed by atoms with Gasteiger partial charge in [-0.1, -0.05) is 41.9 Å². The maximum Gasteiger partial charge on any atom is 0.271 e. The van der Waals surface area contributed by atoms with E-state index >= 15 is 0 Å². The van der Waals surface area contributed by atoms with Crippen LogP contribution in [0, 0.1) is 0 Å². The smallest absolute Gasteiger partial charge is 0.271 e. The van der Waals surface area contributed by atoms with Gasteiger partial charge in [0.2, 0.25) is 0 Å². The Kier molecular flexibility index (Phi) is 4.68. The molecule has 1 aromatic heterocycles. The Morgan fingerprint density at radius 3 is 2.59 bits per heavy atom. The van der Waals surface area contributed by atoms with Crippen molar-refractivity contribution in [3.63, 3.8) is 0 Å². The number of hydrogen-bond donors (Lipinski definition) is 2. The molecule has 0 saturated heterocycles. The number of nitrogens with one attached hydrogen (secondary N) is 2. The van der Waals surface area contributed by atoms with E-state index in [2.05, 4.69) is 20.5 Å². The van der Waals surface area contributed by atoms with Gasteiger partial charge in [0.1, 0.15) is 5.82 Å². The first-order valence-corrected chi connectivity index (χ1v) is 8.71. The largest absolute Gasteiger partial charge is 0.338 e. The van der Waals surface area contributed by atoms with Gasteiger partial charge in [-0.25, -0.2) is 10.4 Å². The van der Waals surface area contributed by atoms with Gasteiger partial charge in [-0.3, -0.25) is 4.79 Å². The van der Waals surface area contributed by atoms with Gasteiger partial charge in [0.25, 0.3) is 5.91 Å². The van der Waals surface area contributed by atoms with Crippen LogP contribution in [-0.2, 0) is 0 Å². The lowest BCUT2D eigenvalue weighted by Gasteiger charge is -1.99. The molecule has 0 atom stereocenters. The quantitative estimate of drug-likeness (QED) is 0.403. The summed E-state index contributed by atoms with van der Waals surface area (Å²) in [5, 5.41) is 4.67. The Balaban J connectivity index is 1.53. The molecular weight excluding hydrogens is 360 g/mol. The van der Waals surface area contributed by atoms with Crippen molar-refractivity contribution in [2.75, 3.05) is 0 Å². The van der Waals surface area contributed by atoms with Gasteiger partial charge in [-0.05, 0) is 48.0 Å². The highest BCUT2D eigenvalue weighted by Crippen LogP contribution is 2.22. The summed E-state index contributed by atoms with van der Waals surface area (Å²) in [6.45, 7) is 0. The van der Waals surface area contributed by atoms with Gasteiger partial charge < -0.3 is 4.98 Å². The molecule has 4 rings (SSSR count). The van der Waals surface area contributed by atoms with E-state index in [1.54, 1.807) is 24.4 Å². The first-order chi connectivity index (χ1) is 13.2. The summed E-state index contributed by atoms with van der Waals surface area (Å²) in [5.74, 6) is 0.438. The van der Waals surface area contributed by atoms with Crippen molar-refractivity contribution < 1.29 is 4.79 Å². The third-order valence-corrected chi connectivity index (χ3v) is 4.29. The number of H-pyrrole nitrogens is 1. The number of aromatic nitrogens is 2. The lowest BCUT2D eigenvalue weighted by molar-refractivity contribution is 0.0955. The zero-order valence-electron chi connectivity index (χ0n) is 14.2. The number of carbonyl (C=O) groups is 1. The van der Waals surface area contributed by atoms with E-state index in [0.717, 1.165) is 28.0 Å². The molecule has 5 nitrogen and oxygen atoms in total. The third kappa shape index (κ3) is 3.88. The molecular formula is C21H15ClN4O. The average Bonchev–Trinajstić information content (AvgIpc) is 3.12. The molecule has 0 unspecified atom stereocenters. The molecule has 0 saturated carbocycles. The second-order valence-corrected chi connectivity index (χ2v) is 6.37. The highest BCUT2D eigenvalue weighted by Gasteiger charge is 2.09. The molecule has 0 radical (unpaired) electrons. The first kappa shape index (κ1) is 17.0. The number of benzene rings is 3. The van der Waals surface area contributed by atoms with Crippen molar-refractivity contribution in [1.82, 2.24) is 15.4 Å². The Morgan fingerprint density at radius 1 is 1.04 bits per heavy atom. The minimum Gasteiger partial charge on any atom is -0.338 e. The van der Waals surface area contributed by atoms with Crippen LogP contribution in [0.25, 0.3) is 22.4 Å². The van der Waals surface area contributed by atoms with Crippen LogP contribution in [0.2, 0.25) is 5.02 Å². The number of amides is 1. The maximum absolute atomic E-state index is 12.3. The Morgan fingerprint density at radius 2 is 1.81 bits per heavy atom. The highest BCUT2D eigenvalue weighted by atomic mass is 35.5. The summed E-state index contributed by atoms with van der Waals surface area (Å²) in [7, 11) is 0. The zero-order valence-corrected chi connectivity index (χ0v) is 14.9. The van der Waals surface area contributed by atoms with E-state index in [1.165, 1.54) is 0 Å². The van der Waals surface area contributed by atoms with Crippen molar-refractivity contribution in [3.05, 3.63) is 88.9 Å². The number of hydrogen-bond acceptors (Lipinski definition) is 3. The molecule has 3 aromatic carbocycles. The fourth-order valence-electron chi connectivity index (χ4n) is 2.66. The van der Waals surface area contributed by atoms with E-state index < -0.39 is 0 Å². The normalized spacial score (nSPS) is 11.1. The van der Waals surface area contributed by atoms with Gasteiger partial charge in [-0.15, -0.1) is 0 Å². The maximum atomic E-state index is 12.3. The molecule has 1 heterocycles. The van der Waals surface area contributed by atoms with Crippen LogP contribution in [0.3, 0.4) is 0 Å². The molecule has 4 aromatic rings. The number of aromatic amines is 1. The molecule has 0 fully saturated rings. The van der Waals surface area contributed by atoms with Crippen LogP contribution in [0.1, 0.15) is 15.9 Å². The average molecular weight is 375 g/mol. The molecule has 132 valence electrons. The monoisotopic (exact) mass is 374 g/mol. The number of nitrogens with zero attached hydrogens (tertiary/aromatic N) is 2. The second kappa shape index (κ2) is 7.43. The predicted octanol–water partition coefficient (Wildman–Crippen LogP) is 4.65. The van der Waals surface area contributed by atoms with Crippen LogP contribution < -0.4 is 5.43 Å². The number of imidazole rings is 1. The van der Waals surface area contributed by atoms with Crippen LogP contribution in [0.5, 0.6) is 0 Å². The van der Waals surface area contributed by atoms with Gasteiger partial charge in [-0.2, -0.15) is 5.10 Å². The molecule has 0 aliphatic rings. The first-order valence-electron chi connectivity index (χ1n) is 8.33. The minimum absolute atomic E-state index is 0.285. The molecule has 0 aliphatic heterocycles. The van der Waals surface area contributed by atoms with Crippen LogP contribution in [0.4, 0.5) is 0 Å². The standard InChI is InChI=1S/C21H15ClN4O/c22-17-9-6-15(7-10-17)20-24-18-11-8-16(12-19(18)25-20)21(27)26-23-13-14-4-2-1-3-5-14/h1-13H,(H,24,25)(H,26,27)/b23-13-. The topological polar surface area (TPSA) is 70.1 Å². The van der Waals surface area contributed by atoms with E-state index in [4.69, 9.17) is 11.6 Å². The van der Waals surface area contributed by atoms with Crippen LogP contribution in [-0.4, -0.2) is 22.1 Å². The summed E-state index contributed by atoms with van der Waals surface area (Å²) in [6.07, 6.45) is 1.60. The summed E-state index contributed by atoms with van der Waals surface area (Å²) >= 11 is 5.93. The van der Waals surface area contributed by atoms with Gasteiger partial charge >= 0.3 is 0 Å². The number of fused-ring (bicyclic) bond motifs is 1. The lowest BCUT2D eigenvalue weighted by Crippen LogP contribution is -2.17. The predicted molar refractivity (Wildman–Crippen MR) is 108 cm³/mol. The van der Waals surface area contributed by atoms with E-state index in [-0.39, 0.29) is 5.91 Å². The molecule has 27 heavy (non-hydrogen) atoms. The number of carbonyl (C=O) groups excluding carboxylic acids is 1.